The first-order chi connectivity index (χ1) is 13.0. The molecule has 1 aliphatic heterocycles. The van der Waals surface area contributed by atoms with Crippen molar-refractivity contribution in [2.45, 2.75) is 6.92 Å². The number of carbonyl (C=O) groups excluding carboxylic acids is 1. The number of hydrogen-bond acceptors (Lipinski definition) is 2. The summed E-state index contributed by atoms with van der Waals surface area (Å²) < 4.78 is 0. The molecule has 27 heavy (non-hydrogen) atoms. The molecule has 0 saturated heterocycles. The summed E-state index contributed by atoms with van der Waals surface area (Å²) in [6, 6.07) is 20.4. The Labute approximate surface area is 156 Å². The second kappa shape index (κ2) is 6.57. The van der Waals surface area contributed by atoms with Crippen molar-refractivity contribution in [3.05, 3.63) is 89.0 Å². The molecule has 3 aromatic rings. The molecule has 1 aliphatic rings. The van der Waals surface area contributed by atoms with Gasteiger partial charge >= 0.3 is 5.97 Å². The van der Waals surface area contributed by atoms with Crippen LogP contribution in [0.15, 0.2) is 66.7 Å². The zero-order chi connectivity index (χ0) is 19.0. The summed E-state index contributed by atoms with van der Waals surface area (Å²) in [5.41, 5.74) is 6.42. The van der Waals surface area contributed by atoms with Gasteiger partial charge in [0.25, 0.3) is 5.91 Å². The molecular formula is C23H17NO3. The summed E-state index contributed by atoms with van der Waals surface area (Å²) in [6.07, 6.45) is 1.89. The van der Waals surface area contributed by atoms with Gasteiger partial charge in [-0.05, 0) is 47.9 Å². The Morgan fingerprint density at radius 3 is 2.44 bits per heavy atom. The van der Waals surface area contributed by atoms with Crippen molar-refractivity contribution in [3.8, 4) is 11.1 Å². The fourth-order valence-corrected chi connectivity index (χ4v) is 3.28. The van der Waals surface area contributed by atoms with Gasteiger partial charge in [0.1, 0.15) is 0 Å². The van der Waals surface area contributed by atoms with Crippen LogP contribution < -0.4 is 5.32 Å². The number of carboxylic acid groups (broad SMARTS) is 1. The van der Waals surface area contributed by atoms with Crippen LogP contribution >= 0.6 is 0 Å². The van der Waals surface area contributed by atoms with E-state index in [0.29, 0.717) is 5.57 Å². The van der Waals surface area contributed by atoms with Crippen LogP contribution in [-0.4, -0.2) is 17.0 Å². The summed E-state index contributed by atoms with van der Waals surface area (Å²) in [4.78, 5) is 23.5. The van der Waals surface area contributed by atoms with Gasteiger partial charge in [-0.3, -0.25) is 4.79 Å². The van der Waals surface area contributed by atoms with Gasteiger partial charge in [0.15, 0.2) is 0 Å². The number of carboxylic acids is 1. The first-order valence-corrected chi connectivity index (χ1v) is 8.60. The third-order valence-electron chi connectivity index (χ3n) is 4.66. The molecule has 2 N–H and O–H groups in total. The molecule has 0 saturated carbocycles. The lowest BCUT2D eigenvalue weighted by atomic mass is 9.94. The molecule has 1 amide bonds. The number of aryl methyl sites for hydroxylation is 1. The molecular weight excluding hydrogens is 338 g/mol. The van der Waals surface area contributed by atoms with Crippen LogP contribution in [0.1, 0.15) is 27.0 Å². The molecule has 132 valence electrons. The van der Waals surface area contributed by atoms with Crippen molar-refractivity contribution in [2.75, 3.05) is 5.32 Å². The number of fused-ring (bicyclic) bond motifs is 1. The molecule has 0 unspecified atom stereocenters. The van der Waals surface area contributed by atoms with Gasteiger partial charge < -0.3 is 10.4 Å². The zero-order valence-corrected chi connectivity index (χ0v) is 14.7. The standard InChI is InChI=1S/C23H17NO3/c1-14-6-7-17(13-20-18-4-2-3-5-21(18)24-22(20)25)19(12-14)15-8-10-16(11-9-15)23(26)27/h2-13H,1H3,(H,24,25)(H,26,27). The molecule has 0 radical (unpaired) electrons. The maximum Gasteiger partial charge on any atom is 0.335 e. The van der Waals surface area contributed by atoms with E-state index in [0.717, 1.165) is 33.5 Å². The Morgan fingerprint density at radius 1 is 0.963 bits per heavy atom. The van der Waals surface area contributed by atoms with Crippen molar-refractivity contribution in [1.82, 2.24) is 0 Å². The van der Waals surface area contributed by atoms with E-state index in [2.05, 4.69) is 5.32 Å². The number of carbonyl (C=O) groups is 2. The van der Waals surface area contributed by atoms with Crippen LogP contribution in [0.25, 0.3) is 22.8 Å². The molecule has 0 aliphatic carbocycles. The van der Waals surface area contributed by atoms with Crippen molar-refractivity contribution in [1.29, 1.82) is 0 Å². The summed E-state index contributed by atoms with van der Waals surface area (Å²) >= 11 is 0. The SMILES string of the molecule is Cc1ccc(C=C2C(=O)Nc3ccccc32)c(-c2ccc(C(=O)O)cc2)c1. The predicted molar refractivity (Wildman–Crippen MR) is 107 cm³/mol. The van der Waals surface area contributed by atoms with Crippen LogP contribution in [-0.2, 0) is 4.79 Å². The molecule has 0 spiro atoms. The fourth-order valence-electron chi connectivity index (χ4n) is 3.28. The van der Waals surface area contributed by atoms with E-state index in [1.54, 1.807) is 24.3 Å². The van der Waals surface area contributed by atoms with Gasteiger partial charge in [0.05, 0.1) is 5.56 Å². The largest absolute Gasteiger partial charge is 0.478 e. The molecule has 0 bridgehead atoms. The molecule has 0 aromatic heterocycles. The first-order valence-electron chi connectivity index (χ1n) is 8.60. The molecule has 0 fully saturated rings. The minimum Gasteiger partial charge on any atom is -0.478 e. The summed E-state index contributed by atoms with van der Waals surface area (Å²) in [6.45, 7) is 2.00. The van der Waals surface area contributed by atoms with Crippen LogP contribution in [0.3, 0.4) is 0 Å². The normalized spacial score (nSPS) is 14.1. The fraction of sp³-hybridized carbons (Fsp3) is 0.0435. The number of nitrogens with one attached hydrogen (secondary N) is 1. The van der Waals surface area contributed by atoms with E-state index in [9.17, 15) is 9.59 Å². The molecule has 4 heteroatoms. The van der Waals surface area contributed by atoms with Crippen LogP contribution in [0, 0.1) is 6.92 Å². The topological polar surface area (TPSA) is 66.4 Å². The smallest absolute Gasteiger partial charge is 0.335 e. The summed E-state index contributed by atoms with van der Waals surface area (Å²) in [5.74, 6) is -1.07. The zero-order valence-electron chi connectivity index (χ0n) is 14.7. The van der Waals surface area contributed by atoms with E-state index in [-0.39, 0.29) is 11.5 Å². The van der Waals surface area contributed by atoms with E-state index in [1.165, 1.54) is 0 Å². The molecule has 3 aromatic carbocycles. The van der Waals surface area contributed by atoms with Crippen LogP contribution in [0.4, 0.5) is 5.69 Å². The second-order valence-corrected chi connectivity index (χ2v) is 6.53. The lowest BCUT2D eigenvalue weighted by molar-refractivity contribution is -0.110. The van der Waals surface area contributed by atoms with Gasteiger partial charge in [-0.2, -0.15) is 0 Å². The van der Waals surface area contributed by atoms with Crippen molar-refractivity contribution in [2.24, 2.45) is 0 Å². The quantitative estimate of drug-likeness (QED) is 0.660. The van der Waals surface area contributed by atoms with E-state index >= 15 is 0 Å². The first kappa shape index (κ1) is 16.8. The number of rotatable bonds is 3. The number of para-hydroxylation sites is 1. The third kappa shape index (κ3) is 3.13. The number of amides is 1. The Hall–Kier alpha value is -3.66. The van der Waals surface area contributed by atoms with Crippen LogP contribution in [0.5, 0.6) is 0 Å². The van der Waals surface area contributed by atoms with Gasteiger partial charge in [-0.15, -0.1) is 0 Å². The maximum absolute atomic E-state index is 12.4. The number of benzene rings is 3. The third-order valence-corrected chi connectivity index (χ3v) is 4.66. The lowest BCUT2D eigenvalue weighted by Crippen LogP contribution is -2.03. The average Bonchev–Trinajstić information content (AvgIpc) is 2.98. The molecule has 4 nitrogen and oxygen atoms in total. The Bertz CT molecular complexity index is 1090. The van der Waals surface area contributed by atoms with E-state index < -0.39 is 5.97 Å². The molecule has 0 atom stereocenters. The van der Waals surface area contributed by atoms with Crippen molar-refractivity contribution in [3.63, 3.8) is 0 Å². The predicted octanol–water partition coefficient (Wildman–Crippen LogP) is 4.85. The van der Waals surface area contributed by atoms with Crippen LogP contribution in [0.2, 0.25) is 0 Å². The van der Waals surface area contributed by atoms with Gasteiger partial charge in [-0.25, -0.2) is 4.79 Å². The molecule has 1 heterocycles. The maximum atomic E-state index is 12.4. The van der Waals surface area contributed by atoms with E-state index in [4.69, 9.17) is 5.11 Å². The average molecular weight is 355 g/mol. The molecule has 4 rings (SSSR count). The van der Waals surface area contributed by atoms with Gasteiger partial charge in [0.2, 0.25) is 0 Å². The highest BCUT2D eigenvalue weighted by molar-refractivity contribution is 6.35. The number of aromatic carboxylic acids is 1. The highest BCUT2D eigenvalue weighted by Crippen LogP contribution is 2.35. The lowest BCUT2D eigenvalue weighted by Gasteiger charge is -2.09. The monoisotopic (exact) mass is 355 g/mol. The minimum absolute atomic E-state index is 0.121. The van der Waals surface area contributed by atoms with E-state index in [1.807, 2.05) is 55.5 Å². The minimum atomic E-state index is -0.952. The highest BCUT2D eigenvalue weighted by Gasteiger charge is 2.23. The Morgan fingerprint density at radius 2 is 1.70 bits per heavy atom. The summed E-state index contributed by atoms with van der Waals surface area (Å²) in [5, 5.41) is 12.0. The second-order valence-electron chi connectivity index (χ2n) is 6.53. The number of anilines is 1. The Balaban J connectivity index is 1.83. The Kier molecular flexibility index (Phi) is 4.09. The number of hydrogen-bond donors (Lipinski definition) is 2. The van der Waals surface area contributed by atoms with Gasteiger partial charge in [-0.1, -0.05) is 54.1 Å². The van der Waals surface area contributed by atoms with Crippen molar-refractivity contribution >= 4 is 29.2 Å². The highest BCUT2D eigenvalue weighted by atomic mass is 16.4. The van der Waals surface area contributed by atoms with Crippen molar-refractivity contribution < 1.29 is 14.7 Å². The van der Waals surface area contributed by atoms with Gasteiger partial charge in [0, 0.05) is 16.8 Å². The summed E-state index contributed by atoms with van der Waals surface area (Å²) in [7, 11) is 0.